The Morgan fingerprint density at radius 3 is 2.12 bits per heavy atom. The maximum absolute atomic E-state index is 12.5. The van der Waals surface area contributed by atoms with Crippen molar-refractivity contribution in [2.75, 3.05) is 23.7 Å². The SMILES string of the molecule is CC(=O)Nc1cccc(NC(=O)C2CCC(C(=O)N3CCCC3)CC2)c1. The fourth-order valence-electron chi connectivity index (χ4n) is 3.92. The van der Waals surface area contributed by atoms with Gasteiger partial charge in [0.1, 0.15) is 0 Å². The van der Waals surface area contributed by atoms with Gasteiger partial charge in [0, 0.05) is 43.2 Å². The minimum atomic E-state index is -0.144. The Kier molecular flexibility index (Phi) is 5.91. The van der Waals surface area contributed by atoms with Crippen molar-refractivity contribution in [3.05, 3.63) is 24.3 Å². The van der Waals surface area contributed by atoms with Crippen LogP contribution < -0.4 is 10.6 Å². The fraction of sp³-hybridized carbons (Fsp3) is 0.550. The number of likely N-dealkylation sites (tertiary alicyclic amines) is 1. The van der Waals surface area contributed by atoms with E-state index < -0.39 is 0 Å². The number of hydrogen-bond acceptors (Lipinski definition) is 3. The van der Waals surface area contributed by atoms with Crippen LogP contribution in [0.3, 0.4) is 0 Å². The molecule has 1 aromatic rings. The standard InChI is InChI=1S/C20H27N3O3/c1-14(24)21-17-5-4-6-18(13-17)22-19(25)15-7-9-16(10-8-15)20(26)23-11-2-3-12-23/h4-6,13,15-16H,2-3,7-12H2,1H3,(H,21,24)(H,22,25). The van der Waals surface area contributed by atoms with Crippen LogP contribution in [0.1, 0.15) is 45.4 Å². The zero-order valence-corrected chi connectivity index (χ0v) is 15.3. The zero-order valence-electron chi connectivity index (χ0n) is 15.3. The molecule has 26 heavy (non-hydrogen) atoms. The molecule has 2 N–H and O–H groups in total. The lowest BCUT2D eigenvalue weighted by molar-refractivity contribution is -0.136. The molecule has 0 spiro atoms. The first-order chi connectivity index (χ1) is 12.5. The number of benzene rings is 1. The van der Waals surface area contributed by atoms with E-state index in [0.717, 1.165) is 51.6 Å². The van der Waals surface area contributed by atoms with Crippen molar-refractivity contribution < 1.29 is 14.4 Å². The van der Waals surface area contributed by atoms with E-state index in [1.807, 2.05) is 11.0 Å². The van der Waals surface area contributed by atoms with Crippen LogP contribution in [0, 0.1) is 11.8 Å². The van der Waals surface area contributed by atoms with Gasteiger partial charge in [0.2, 0.25) is 17.7 Å². The van der Waals surface area contributed by atoms with Gasteiger partial charge >= 0.3 is 0 Å². The Morgan fingerprint density at radius 1 is 0.923 bits per heavy atom. The molecule has 6 nitrogen and oxygen atoms in total. The first-order valence-corrected chi connectivity index (χ1v) is 9.50. The van der Waals surface area contributed by atoms with Crippen LogP contribution in [0.4, 0.5) is 11.4 Å². The summed E-state index contributed by atoms with van der Waals surface area (Å²) in [6.07, 6.45) is 5.31. The minimum absolute atomic E-state index is 0.00273. The molecule has 0 radical (unpaired) electrons. The summed E-state index contributed by atoms with van der Waals surface area (Å²) in [7, 11) is 0. The van der Waals surface area contributed by atoms with E-state index in [9.17, 15) is 14.4 Å². The van der Waals surface area contributed by atoms with E-state index in [0.29, 0.717) is 11.4 Å². The minimum Gasteiger partial charge on any atom is -0.342 e. The molecule has 3 rings (SSSR count). The van der Waals surface area contributed by atoms with Crippen LogP contribution in [-0.4, -0.2) is 35.7 Å². The van der Waals surface area contributed by atoms with E-state index in [1.54, 1.807) is 18.2 Å². The molecule has 6 heteroatoms. The second-order valence-corrected chi connectivity index (χ2v) is 7.33. The van der Waals surface area contributed by atoms with Crippen molar-refractivity contribution in [2.24, 2.45) is 11.8 Å². The van der Waals surface area contributed by atoms with Gasteiger partial charge in [0.15, 0.2) is 0 Å². The van der Waals surface area contributed by atoms with Crippen molar-refractivity contribution >= 4 is 29.1 Å². The molecule has 1 saturated carbocycles. The van der Waals surface area contributed by atoms with Crippen molar-refractivity contribution in [3.63, 3.8) is 0 Å². The van der Waals surface area contributed by atoms with Gasteiger partial charge in [0.25, 0.3) is 0 Å². The predicted octanol–water partition coefficient (Wildman–Crippen LogP) is 3.01. The smallest absolute Gasteiger partial charge is 0.227 e. The second kappa shape index (κ2) is 8.34. The molecule has 0 aromatic heterocycles. The number of amides is 3. The summed E-state index contributed by atoms with van der Waals surface area (Å²) in [6.45, 7) is 3.24. The molecule has 140 valence electrons. The van der Waals surface area contributed by atoms with Crippen LogP contribution >= 0.6 is 0 Å². The Morgan fingerprint density at radius 2 is 1.50 bits per heavy atom. The molecule has 2 fully saturated rings. The van der Waals surface area contributed by atoms with Gasteiger partial charge in [-0.15, -0.1) is 0 Å². The van der Waals surface area contributed by atoms with E-state index in [2.05, 4.69) is 10.6 Å². The Balaban J connectivity index is 1.50. The summed E-state index contributed by atoms with van der Waals surface area (Å²) >= 11 is 0. The van der Waals surface area contributed by atoms with Gasteiger partial charge < -0.3 is 15.5 Å². The molecule has 2 aliphatic rings. The first-order valence-electron chi connectivity index (χ1n) is 9.50. The van der Waals surface area contributed by atoms with E-state index in [-0.39, 0.29) is 29.6 Å². The van der Waals surface area contributed by atoms with Gasteiger partial charge in [-0.3, -0.25) is 14.4 Å². The summed E-state index contributed by atoms with van der Waals surface area (Å²) in [6, 6.07) is 7.15. The highest BCUT2D eigenvalue weighted by molar-refractivity contribution is 5.94. The molecule has 1 aliphatic heterocycles. The molecule has 0 atom stereocenters. The van der Waals surface area contributed by atoms with Gasteiger partial charge in [-0.05, 0) is 56.7 Å². The van der Waals surface area contributed by atoms with Crippen LogP contribution in [-0.2, 0) is 14.4 Å². The van der Waals surface area contributed by atoms with E-state index >= 15 is 0 Å². The van der Waals surface area contributed by atoms with Crippen LogP contribution in [0.25, 0.3) is 0 Å². The highest BCUT2D eigenvalue weighted by atomic mass is 16.2. The molecule has 1 aliphatic carbocycles. The molecular weight excluding hydrogens is 330 g/mol. The van der Waals surface area contributed by atoms with Gasteiger partial charge in [0.05, 0.1) is 0 Å². The lowest BCUT2D eigenvalue weighted by Gasteiger charge is -2.29. The number of nitrogens with zero attached hydrogens (tertiary/aromatic N) is 1. The van der Waals surface area contributed by atoms with Crippen LogP contribution in [0.2, 0.25) is 0 Å². The topological polar surface area (TPSA) is 78.5 Å². The second-order valence-electron chi connectivity index (χ2n) is 7.33. The zero-order chi connectivity index (χ0) is 18.5. The highest BCUT2D eigenvalue weighted by Crippen LogP contribution is 2.31. The Hall–Kier alpha value is -2.37. The number of carbonyl (C=O) groups is 3. The quantitative estimate of drug-likeness (QED) is 0.869. The van der Waals surface area contributed by atoms with Crippen LogP contribution in [0.5, 0.6) is 0 Å². The largest absolute Gasteiger partial charge is 0.342 e. The molecule has 1 heterocycles. The summed E-state index contributed by atoms with van der Waals surface area (Å²) in [4.78, 5) is 38.2. The molecule has 1 saturated heterocycles. The summed E-state index contributed by atoms with van der Waals surface area (Å²) in [5.41, 5.74) is 1.34. The van der Waals surface area contributed by atoms with E-state index in [4.69, 9.17) is 0 Å². The third kappa shape index (κ3) is 4.62. The van der Waals surface area contributed by atoms with Crippen molar-refractivity contribution in [1.29, 1.82) is 0 Å². The number of hydrogen-bond donors (Lipinski definition) is 2. The molecular formula is C20H27N3O3. The maximum atomic E-state index is 12.5. The average molecular weight is 357 g/mol. The number of carbonyl (C=O) groups excluding carboxylic acids is 3. The predicted molar refractivity (Wildman–Crippen MR) is 101 cm³/mol. The average Bonchev–Trinajstić information content (AvgIpc) is 3.15. The van der Waals surface area contributed by atoms with Crippen molar-refractivity contribution in [1.82, 2.24) is 4.90 Å². The van der Waals surface area contributed by atoms with Gasteiger partial charge in [-0.2, -0.15) is 0 Å². The summed E-state index contributed by atoms with van der Waals surface area (Å²) < 4.78 is 0. The Bertz CT molecular complexity index is 675. The molecule has 0 unspecified atom stereocenters. The number of nitrogens with one attached hydrogen (secondary N) is 2. The lowest BCUT2D eigenvalue weighted by atomic mass is 9.81. The van der Waals surface area contributed by atoms with E-state index in [1.165, 1.54) is 6.92 Å². The normalized spacial score (nSPS) is 22.7. The lowest BCUT2D eigenvalue weighted by Crippen LogP contribution is -2.37. The van der Waals surface area contributed by atoms with Gasteiger partial charge in [-0.25, -0.2) is 0 Å². The third-order valence-electron chi connectivity index (χ3n) is 5.32. The Labute approximate surface area is 154 Å². The van der Waals surface area contributed by atoms with Gasteiger partial charge in [-0.1, -0.05) is 6.07 Å². The van der Waals surface area contributed by atoms with Crippen molar-refractivity contribution in [2.45, 2.75) is 45.4 Å². The first kappa shape index (κ1) is 18.4. The highest BCUT2D eigenvalue weighted by Gasteiger charge is 2.32. The summed E-state index contributed by atoms with van der Waals surface area (Å²) in [5.74, 6) is 0.165. The maximum Gasteiger partial charge on any atom is 0.227 e. The molecule has 0 bridgehead atoms. The van der Waals surface area contributed by atoms with Crippen molar-refractivity contribution in [3.8, 4) is 0 Å². The van der Waals surface area contributed by atoms with Crippen LogP contribution in [0.15, 0.2) is 24.3 Å². The molecule has 3 amide bonds. The fourth-order valence-corrected chi connectivity index (χ4v) is 3.92. The third-order valence-corrected chi connectivity index (χ3v) is 5.32. The summed E-state index contributed by atoms with van der Waals surface area (Å²) in [5, 5.41) is 5.65. The molecule has 1 aromatic carbocycles. The number of rotatable bonds is 4. The monoisotopic (exact) mass is 357 g/mol. The number of anilines is 2.